The maximum absolute atomic E-state index is 12.7. The number of amides is 1. The molecule has 0 bridgehead atoms. The zero-order chi connectivity index (χ0) is 21.9. The first-order valence-electron chi connectivity index (χ1n) is 9.42. The van der Waals surface area contributed by atoms with Crippen LogP contribution in [0.3, 0.4) is 0 Å². The normalized spacial score (nSPS) is 19.5. The van der Waals surface area contributed by atoms with Crippen molar-refractivity contribution in [3.8, 4) is 0 Å². The molecule has 1 aromatic carbocycles. The Balaban J connectivity index is 1.72. The van der Waals surface area contributed by atoms with E-state index in [0.717, 1.165) is 17.8 Å². The molecule has 2 atom stereocenters. The maximum atomic E-state index is 12.7. The Hall–Kier alpha value is -2.72. The Kier molecular flexibility index (Phi) is 6.57. The van der Waals surface area contributed by atoms with Crippen LogP contribution in [0.25, 0.3) is 0 Å². The van der Waals surface area contributed by atoms with E-state index in [0.29, 0.717) is 25.2 Å². The fraction of sp³-hybridized carbons (Fsp3) is 0.450. The summed E-state index contributed by atoms with van der Waals surface area (Å²) in [6, 6.07) is 4.59. The van der Waals surface area contributed by atoms with Crippen molar-refractivity contribution in [2.75, 3.05) is 27.2 Å². The highest BCUT2D eigenvalue weighted by Crippen LogP contribution is 2.30. The summed E-state index contributed by atoms with van der Waals surface area (Å²) >= 11 is 0. The predicted octanol–water partition coefficient (Wildman–Crippen LogP) is 2.51. The van der Waals surface area contributed by atoms with Gasteiger partial charge >= 0.3 is 6.18 Å². The third-order valence-corrected chi connectivity index (χ3v) is 4.84. The second-order valence-corrected chi connectivity index (χ2v) is 7.49. The molecule has 1 fully saturated rings. The van der Waals surface area contributed by atoms with Crippen LogP contribution in [0.5, 0.6) is 0 Å². The molecule has 7 nitrogen and oxygen atoms in total. The number of carbonyl (C=O) groups excluding carboxylic acids is 1. The molecule has 0 saturated carbocycles. The average Bonchev–Trinajstić information content (AvgIpc) is 3.31. The number of likely N-dealkylation sites (tertiary alicyclic amines) is 1. The number of hydrogen-bond donors (Lipinski definition) is 0. The van der Waals surface area contributed by atoms with Gasteiger partial charge in [-0.25, -0.2) is 4.68 Å². The minimum absolute atomic E-state index is 0.120. The number of carbonyl (C=O) groups is 1. The lowest BCUT2D eigenvalue weighted by Gasteiger charge is -2.19. The van der Waals surface area contributed by atoms with Gasteiger partial charge in [0.1, 0.15) is 0 Å². The molecule has 10 heteroatoms. The van der Waals surface area contributed by atoms with Crippen LogP contribution in [0.4, 0.5) is 13.2 Å². The molecule has 0 radical (unpaired) electrons. The molecule has 1 aliphatic heterocycles. The molecule has 30 heavy (non-hydrogen) atoms. The molecule has 1 aromatic heterocycles. The molecule has 162 valence electrons. The van der Waals surface area contributed by atoms with Crippen molar-refractivity contribution < 1.29 is 22.7 Å². The Morgan fingerprint density at radius 2 is 2.00 bits per heavy atom. The van der Waals surface area contributed by atoms with Gasteiger partial charge < -0.3 is 14.5 Å². The van der Waals surface area contributed by atoms with Gasteiger partial charge in [-0.3, -0.25) is 4.79 Å². The standard InChI is InChI=1S/C20H24F3N5O2/c1-4-19(29)27-11-17(28-10-16(24-25-28)9-26(2)3)18(12-27)30-13-14-5-7-15(8-6-14)20(21,22)23/h4-8,10,17-18H,1,9,11-13H2,2-3H3/t17-,18-/m1/s1. The van der Waals surface area contributed by atoms with Gasteiger partial charge in [-0.15, -0.1) is 5.10 Å². The maximum Gasteiger partial charge on any atom is 0.416 e. The summed E-state index contributed by atoms with van der Waals surface area (Å²) in [7, 11) is 3.85. The van der Waals surface area contributed by atoms with Crippen LogP contribution in [0.2, 0.25) is 0 Å². The number of benzene rings is 1. The molecule has 1 amide bonds. The molecular formula is C20H24F3N5O2. The fourth-order valence-electron chi connectivity index (χ4n) is 3.35. The van der Waals surface area contributed by atoms with Crippen molar-refractivity contribution in [1.82, 2.24) is 24.8 Å². The minimum Gasteiger partial charge on any atom is -0.369 e. The lowest BCUT2D eigenvalue weighted by Crippen LogP contribution is -2.28. The quantitative estimate of drug-likeness (QED) is 0.641. The minimum atomic E-state index is -4.38. The van der Waals surface area contributed by atoms with Gasteiger partial charge in [-0.2, -0.15) is 13.2 Å². The Labute approximate surface area is 172 Å². The molecule has 1 saturated heterocycles. The topological polar surface area (TPSA) is 63.5 Å². The van der Waals surface area contributed by atoms with Crippen molar-refractivity contribution >= 4 is 5.91 Å². The second kappa shape index (κ2) is 8.97. The third-order valence-electron chi connectivity index (χ3n) is 4.84. The summed E-state index contributed by atoms with van der Waals surface area (Å²) < 4.78 is 45.9. The van der Waals surface area contributed by atoms with E-state index >= 15 is 0 Å². The van der Waals surface area contributed by atoms with E-state index in [2.05, 4.69) is 16.9 Å². The first-order valence-corrected chi connectivity index (χ1v) is 9.42. The highest BCUT2D eigenvalue weighted by atomic mass is 19.4. The Bertz CT molecular complexity index is 879. The van der Waals surface area contributed by atoms with Gasteiger partial charge in [0, 0.05) is 19.6 Å². The van der Waals surface area contributed by atoms with Crippen molar-refractivity contribution in [1.29, 1.82) is 0 Å². The van der Waals surface area contributed by atoms with E-state index in [-0.39, 0.29) is 24.7 Å². The molecule has 0 spiro atoms. The van der Waals surface area contributed by atoms with Gasteiger partial charge in [-0.05, 0) is 37.9 Å². The van der Waals surface area contributed by atoms with Crippen LogP contribution in [0.15, 0.2) is 43.1 Å². The molecule has 0 aliphatic carbocycles. The van der Waals surface area contributed by atoms with E-state index in [9.17, 15) is 18.0 Å². The summed E-state index contributed by atoms with van der Waals surface area (Å²) in [6.07, 6.45) is -1.70. The van der Waals surface area contributed by atoms with Gasteiger partial charge in [-0.1, -0.05) is 23.9 Å². The van der Waals surface area contributed by atoms with Crippen LogP contribution >= 0.6 is 0 Å². The van der Waals surface area contributed by atoms with Crippen LogP contribution < -0.4 is 0 Å². The molecule has 1 aliphatic rings. The van der Waals surface area contributed by atoms with E-state index in [1.165, 1.54) is 18.2 Å². The van der Waals surface area contributed by atoms with Crippen LogP contribution in [-0.2, 0) is 28.9 Å². The van der Waals surface area contributed by atoms with Crippen molar-refractivity contribution in [2.45, 2.75) is 31.5 Å². The first-order chi connectivity index (χ1) is 14.2. The van der Waals surface area contributed by atoms with Gasteiger partial charge in [0.2, 0.25) is 5.91 Å². The van der Waals surface area contributed by atoms with E-state index in [1.807, 2.05) is 25.2 Å². The third kappa shape index (κ3) is 5.25. The summed E-state index contributed by atoms with van der Waals surface area (Å²) in [6.45, 7) is 4.98. The summed E-state index contributed by atoms with van der Waals surface area (Å²) in [5.41, 5.74) is 0.695. The largest absolute Gasteiger partial charge is 0.416 e. The summed E-state index contributed by atoms with van der Waals surface area (Å²) in [5, 5.41) is 8.35. The molecule has 2 heterocycles. The summed E-state index contributed by atoms with van der Waals surface area (Å²) in [5.74, 6) is -0.214. The van der Waals surface area contributed by atoms with Gasteiger partial charge in [0.05, 0.1) is 36.2 Å². The molecule has 0 N–H and O–H groups in total. The van der Waals surface area contributed by atoms with E-state index in [1.54, 1.807) is 9.58 Å². The number of aromatic nitrogens is 3. The van der Waals surface area contributed by atoms with Crippen LogP contribution in [0, 0.1) is 0 Å². The highest BCUT2D eigenvalue weighted by molar-refractivity contribution is 5.87. The summed E-state index contributed by atoms with van der Waals surface area (Å²) in [4.78, 5) is 15.7. The molecular weight excluding hydrogens is 399 g/mol. The number of hydrogen-bond acceptors (Lipinski definition) is 5. The number of nitrogens with zero attached hydrogens (tertiary/aromatic N) is 5. The number of ether oxygens (including phenoxy) is 1. The Morgan fingerprint density at radius 3 is 2.60 bits per heavy atom. The second-order valence-electron chi connectivity index (χ2n) is 7.49. The molecule has 3 rings (SSSR count). The highest BCUT2D eigenvalue weighted by Gasteiger charge is 2.37. The van der Waals surface area contributed by atoms with Crippen LogP contribution in [-0.4, -0.2) is 64.0 Å². The monoisotopic (exact) mass is 423 g/mol. The van der Waals surface area contributed by atoms with E-state index < -0.39 is 11.7 Å². The SMILES string of the molecule is C=CC(=O)N1C[C@@H](n2cc(CN(C)C)nn2)[C@H](OCc2ccc(C(F)(F)F)cc2)C1. The van der Waals surface area contributed by atoms with Gasteiger partial charge in [0.15, 0.2) is 0 Å². The zero-order valence-corrected chi connectivity index (χ0v) is 16.8. The number of halogens is 3. The lowest BCUT2D eigenvalue weighted by molar-refractivity contribution is -0.137. The Morgan fingerprint density at radius 1 is 1.30 bits per heavy atom. The molecule has 2 aromatic rings. The zero-order valence-electron chi connectivity index (χ0n) is 16.8. The predicted molar refractivity (Wildman–Crippen MR) is 103 cm³/mol. The van der Waals surface area contributed by atoms with Crippen LogP contribution in [0.1, 0.15) is 22.9 Å². The number of rotatable bonds is 7. The average molecular weight is 423 g/mol. The van der Waals surface area contributed by atoms with Crippen molar-refractivity contribution in [3.63, 3.8) is 0 Å². The van der Waals surface area contributed by atoms with Crippen molar-refractivity contribution in [3.05, 3.63) is 59.9 Å². The van der Waals surface area contributed by atoms with Crippen molar-refractivity contribution in [2.24, 2.45) is 0 Å². The smallest absolute Gasteiger partial charge is 0.369 e. The first kappa shape index (κ1) is 22.0. The number of alkyl halides is 3. The van der Waals surface area contributed by atoms with E-state index in [4.69, 9.17) is 4.74 Å². The fourth-order valence-corrected chi connectivity index (χ4v) is 3.35. The lowest BCUT2D eigenvalue weighted by atomic mass is 10.1. The molecule has 0 unspecified atom stereocenters. The van der Waals surface area contributed by atoms with Gasteiger partial charge in [0.25, 0.3) is 0 Å².